The van der Waals surface area contributed by atoms with Crippen molar-refractivity contribution in [1.82, 2.24) is 0 Å². The quantitative estimate of drug-likeness (QED) is 0.851. The maximum absolute atomic E-state index is 14.0. The fourth-order valence-corrected chi connectivity index (χ4v) is 2.71. The molecule has 106 valence electrons. The van der Waals surface area contributed by atoms with Crippen molar-refractivity contribution in [3.05, 3.63) is 70.5 Å². The average molecular weight is 292 g/mol. The van der Waals surface area contributed by atoms with Crippen molar-refractivity contribution in [2.45, 2.75) is 31.7 Å². The van der Waals surface area contributed by atoms with Crippen molar-refractivity contribution < 1.29 is 4.39 Å². The second-order valence-corrected chi connectivity index (χ2v) is 5.62. The summed E-state index contributed by atoms with van der Waals surface area (Å²) in [6.07, 6.45) is 2.22. The van der Waals surface area contributed by atoms with Gasteiger partial charge in [-0.3, -0.25) is 0 Å². The molecule has 1 atom stereocenters. The Morgan fingerprint density at radius 1 is 1.15 bits per heavy atom. The second kappa shape index (κ2) is 6.38. The molecule has 0 fully saturated rings. The Kier molecular flexibility index (Phi) is 4.79. The Labute approximate surface area is 124 Å². The van der Waals surface area contributed by atoms with Crippen molar-refractivity contribution >= 4 is 11.6 Å². The van der Waals surface area contributed by atoms with Crippen LogP contribution >= 0.6 is 11.6 Å². The highest BCUT2D eigenvalue weighted by atomic mass is 35.5. The predicted molar refractivity (Wildman–Crippen MR) is 82.3 cm³/mol. The molecular formula is C17H19ClFN. The summed E-state index contributed by atoms with van der Waals surface area (Å²) in [5.74, 6) is -0.292. The molecular weight excluding hydrogens is 273 g/mol. The predicted octanol–water partition coefficient (Wildman–Crippen LogP) is 4.68. The molecule has 0 saturated carbocycles. The fourth-order valence-electron chi connectivity index (χ4n) is 2.56. The number of hydrogen-bond acceptors (Lipinski definition) is 1. The van der Waals surface area contributed by atoms with Crippen LogP contribution in [0.3, 0.4) is 0 Å². The molecule has 0 bridgehead atoms. The van der Waals surface area contributed by atoms with Crippen molar-refractivity contribution in [3.63, 3.8) is 0 Å². The summed E-state index contributed by atoms with van der Waals surface area (Å²) in [5.41, 5.74) is 7.66. The van der Waals surface area contributed by atoms with Crippen LogP contribution in [0.5, 0.6) is 0 Å². The first-order valence-corrected chi connectivity index (χ1v) is 7.21. The largest absolute Gasteiger partial charge is 0.321 e. The van der Waals surface area contributed by atoms with E-state index in [1.165, 1.54) is 6.07 Å². The first-order chi connectivity index (χ1) is 9.55. The Hall–Kier alpha value is -1.38. The molecule has 2 rings (SSSR count). The van der Waals surface area contributed by atoms with Gasteiger partial charge in [0.05, 0.1) is 0 Å². The molecule has 0 aliphatic carbocycles. The molecule has 0 saturated heterocycles. The summed E-state index contributed by atoms with van der Waals surface area (Å²) >= 11 is 5.80. The van der Waals surface area contributed by atoms with Gasteiger partial charge in [-0.25, -0.2) is 4.39 Å². The Morgan fingerprint density at radius 3 is 2.45 bits per heavy atom. The van der Waals surface area contributed by atoms with E-state index in [1.54, 1.807) is 12.1 Å². The van der Waals surface area contributed by atoms with Crippen LogP contribution in [0.2, 0.25) is 5.02 Å². The first-order valence-electron chi connectivity index (χ1n) is 6.83. The lowest BCUT2D eigenvalue weighted by molar-refractivity contribution is 0.393. The molecule has 2 aromatic carbocycles. The molecule has 1 nitrogen and oxygen atoms in total. The van der Waals surface area contributed by atoms with E-state index < -0.39 is 5.54 Å². The highest BCUT2D eigenvalue weighted by molar-refractivity contribution is 6.30. The molecule has 0 heterocycles. The van der Waals surface area contributed by atoms with Crippen LogP contribution in [0, 0.1) is 5.82 Å². The first kappa shape index (κ1) is 15.0. The van der Waals surface area contributed by atoms with Crippen LogP contribution in [0.4, 0.5) is 4.39 Å². The van der Waals surface area contributed by atoms with Gasteiger partial charge in [0.1, 0.15) is 5.82 Å². The van der Waals surface area contributed by atoms with Gasteiger partial charge in [-0.15, -0.1) is 0 Å². The third-order valence-electron chi connectivity index (χ3n) is 3.57. The molecule has 3 heteroatoms. The van der Waals surface area contributed by atoms with E-state index in [2.05, 4.69) is 6.92 Å². The Balaban J connectivity index is 2.34. The highest BCUT2D eigenvalue weighted by Gasteiger charge is 2.27. The number of hydrogen-bond donors (Lipinski definition) is 1. The molecule has 0 amide bonds. The highest BCUT2D eigenvalue weighted by Crippen LogP contribution is 2.29. The smallest absolute Gasteiger partial charge is 0.127 e. The minimum atomic E-state index is -0.551. The van der Waals surface area contributed by atoms with E-state index >= 15 is 0 Å². The fraction of sp³-hybridized carbons (Fsp3) is 0.294. The van der Waals surface area contributed by atoms with E-state index in [-0.39, 0.29) is 5.82 Å². The summed E-state index contributed by atoms with van der Waals surface area (Å²) in [4.78, 5) is 0. The zero-order valence-corrected chi connectivity index (χ0v) is 12.3. The van der Waals surface area contributed by atoms with Gasteiger partial charge >= 0.3 is 0 Å². The molecule has 1 unspecified atom stereocenters. The standard InChI is InChI=1S/C17H19ClFN/c1-2-10-17(20,14-6-4-3-5-7-14)12-13-8-9-15(18)11-16(13)19/h3-9,11H,2,10,12,20H2,1H3. The van der Waals surface area contributed by atoms with Crippen LogP contribution in [-0.2, 0) is 12.0 Å². The zero-order chi connectivity index (χ0) is 14.6. The monoisotopic (exact) mass is 291 g/mol. The molecule has 0 spiro atoms. The summed E-state index contributed by atoms with van der Waals surface area (Å²) in [6, 6.07) is 14.7. The topological polar surface area (TPSA) is 26.0 Å². The molecule has 0 aliphatic heterocycles. The molecule has 0 radical (unpaired) electrons. The number of nitrogens with two attached hydrogens (primary N) is 1. The van der Waals surface area contributed by atoms with Gasteiger partial charge in [0.25, 0.3) is 0 Å². The molecule has 20 heavy (non-hydrogen) atoms. The second-order valence-electron chi connectivity index (χ2n) is 5.18. The summed E-state index contributed by atoms with van der Waals surface area (Å²) < 4.78 is 14.0. The zero-order valence-electron chi connectivity index (χ0n) is 11.6. The number of benzene rings is 2. The lowest BCUT2D eigenvalue weighted by Gasteiger charge is -2.30. The molecule has 0 aromatic heterocycles. The molecule has 2 N–H and O–H groups in total. The number of rotatable bonds is 5. The van der Waals surface area contributed by atoms with Crippen LogP contribution in [-0.4, -0.2) is 0 Å². The molecule has 2 aromatic rings. The molecule has 0 aliphatic rings. The van der Waals surface area contributed by atoms with Crippen LogP contribution in [0.1, 0.15) is 30.9 Å². The Morgan fingerprint density at radius 2 is 1.85 bits per heavy atom. The van der Waals surface area contributed by atoms with E-state index in [1.807, 2.05) is 30.3 Å². The van der Waals surface area contributed by atoms with Crippen LogP contribution in [0.15, 0.2) is 48.5 Å². The lowest BCUT2D eigenvalue weighted by Crippen LogP contribution is -2.39. The maximum atomic E-state index is 14.0. The van der Waals surface area contributed by atoms with Gasteiger partial charge in [-0.1, -0.05) is 61.3 Å². The van der Waals surface area contributed by atoms with Crippen molar-refractivity contribution in [3.8, 4) is 0 Å². The minimum Gasteiger partial charge on any atom is -0.321 e. The van der Waals surface area contributed by atoms with Gasteiger partial charge < -0.3 is 5.73 Å². The van der Waals surface area contributed by atoms with E-state index in [0.29, 0.717) is 17.0 Å². The lowest BCUT2D eigenvalue weighted by atomic mass is 9.81. The third kappa shape index (κ3) is 3.38. The number of halogens is 2. The van der Waals surface area contributed by atoms with Crippen molar-refractivity contribution in [2.75, 3.05) is 0 Å². The maximum Gasteiger partial charge on any atom is 0.127 e. The van der Waals surface area contributed by atoms with Gasteiger partial charge in [0.2, 0.25) is 0 Å². The van der Waals surface area contributed by atoms with Gasteiger partial charge in [0.15, 0.2) is 0 Å². The SMILES string of the molecule is CCCC(N)(Cc1ccc(Cl)cc1F)c1ccccc1. The van der Waals surface area contributed by atoms with Crippen molar-refractivity contribution in [2.24, 2.45) is 5.73 Å². The Bertz CT molecular complexity index is 570. The summed E-state index contributed by atoms with van der Waals surface area (Å²) in [6.45, 7) is 2.09. The normalized spacial score (nSPS) is 14.0. The summed E-state index contributed by atoms with van der Waals surface area (Å²) in [7, 11) is 0. The van der Waals surface area contributed by atoms with Crippen LogP contribution in [0.25, 0.3) is 0 Å². The van der Waals surface area contributed by atoms with Gasteiger partial charge in [-0.2, -0.15) is 0 Å². The summed E-state index contributed by atoms with van der Waals surface area (Å²) in [5, 5.41) is 0.407. The average Bonchev–Trinajstić information content (AvgIpc) is 2.43. The van der Waals surface area contributed by atoms with Crippen LogP contribution < -0.4 is 5.73 Å². The van der Waals surface area contributed by atoms with E-state index in [4.69, 9.17) is 17.3 Å². The van der Waals surface area contributed by atoms with Gasteiger partial charge in [-0.05, 0) is 36.1 Å². The minimum absolute atomic E-state index is 0.292. The van der Waals surface area contributed by atoms with E-state index in [9.17, 15) is 4.39 Å². The third-order valence-corrected chi connectivity index (χ3v) is 3.80. The van der Waals surface area contributed by atoms with Crippen molar-refractivity contribution in [1.29, 1.82) is 0 Å². The van der Waals surface area contributed by atoms with E-state index in [0.717, 1.165) is 18.4 Å². The van der Waals surface area contributed by atoms with Gasteiger partial charge in [0, 0.05) is 10.6 Å².